The Morgan fingerprint density at radius 2 is 1.86 bits per heavy atom. The second-order valence-corrected chi connectivity index (χ2v) is 7.57. The van der Waals surface area contributed by atoms with Gasteiger partial charge in [0.1, 0.15) is 0 Å². The fourth-order valence-electron chi connectivity index (χ4n) is 3.42. The van der Waals surface area contributed by atoms with Crippen LogP contribution in [0.1, 0.15) is 18.5 Å². The molecule has 1 heterocycles. The van der Waals surface area contributed by atoms with E-state index in [4.69, 9.17) is 26.4 Å². The Morgan fingerprint density at radius 1 is 1.14 bits per heavy atom. The van der Waals surface area contributed by atoms with E-state index >= 15 is 0 Å². The van der Waals surface area contributed by atoms with Crippen molar-refractivity contribution in [2.45, 2.75) is 13.0 Å². The summed E-state index contributed by atoms with van der Waals surface area (Å²) in [7, 11) is 4.49. The Balaban J connectivity index is 2.20. The predicted molar refractivity (Wildman–Crippen MR) is 119 cm³/mol. The maximum absolute atomic E-state index is 12.8. The molecule has 0 fully saturated rings. The number of anilines is 1. The molecular formula is C21H21BrN2O4S. The summed E-state index contributed by atoms with van der Waals surface area (Å²) >= 11 is 9.15. The molecule has 0 saturated heterocycles. The first-order valence-electron chi connectivity index (χ1n) is 8.79. The highest BCUT2D eigenvalue weighted by molar-refractivity contribution is 9.10. The van der Waals surface area contributed by atoms with E-state index in [1.54, 1.807) is 20.3 Å². The van der Waals surface area contributed by atoms with Crippen LogP contribution < -0.4 is 19.7 Å². The second-order valence-electron chi connectivity index (χ2n) is 6.27. The Bertz CT molecular complexity index is 992. The first-order chi connectivity index (χ1) is 13.9. The maximum atomic E-state index is 12.8. The molecule has 6 nitrogen and oxygen atoms in total. The third-order valence-corrected chi connectivity index (χ3v) is 5.49. The fourth-order valence-corrected chi connectivity index (χ4v) is 4.16. The predicted octanol–water partition coefficient (Wildman–Crippen LogP) is 4.35. The van der Waals surface area contributed by atoms with E-state index in [0.29, 0.717) is 27.9 Å². The summed E-state index contributed by atoms with van der Waals surface area (Å²) in [6.45, 7) is 1.85. The number of allylic oxidation sites excluding steroid dienone is 1. The lowest BCUT2D eigenvalue weighted by atomic mass is 9.93. The first-order valence-corrected chi connectivity index (χ1v) is 9.99. The van der Waals surface area contributed by atoms with Gasteiger partial charge in [0.25, 0.3) is 0 Å². The van der Waals surface area contributed by atoms with Gasteiger partial charge in [0.05, 0.1) is 32.9 Å². The van der Waals surface area contributed by atoms with Crippen molar-refractivity contribution in [3.8, 4) is 11.5 Å². The molecule has 1 aliphatic heterocycles. The standard InChI is InChI=1S/C21H21BrN2O4S/c1-12-17(20(25)28-4)18(15-9-6-10-16(26-2)19(15)27-3)23-21(29)24(12)14-8-5-7-13(22)11-14/h5-11,18H,1-4H3,(H,23,29). The smallest absolute Gasteiger partial charge is 0.337 e. The number of hydrogen-bond donors (Lipinski definition) is 1. The van der Waals surface area contributed by atoms with Crippen molar-refractivity contribution in [1.82, 2.24) is 5.32 Å². The molecule has 2 aromatic carbocycles. The highest BCUT2D eigenvalue weighted by atomic mass is 79.9. The van der Waals surface area contributed by atoms with Crippen LogP contribution in [0.25, 0.3) is 0 Å². The number of methoxy groups -OCH3 is 3. The van der Waals surface area contributed by atoms with Crippen molar-refractivity contribution in [2.24, 2.45) is 0 Å². The maximum Gasteiger partial charge on any atom is 0.337 e. The first kappa shape index (κ1) is 21.1. The number of para-hydroxylation sites is 1. The highest BCUT2D eigenvalue weighted by Crippen LogP contribution is 2.41. The van der Waals surface area contributed by atoms with Crippen LogP contribution in [0, 0.1) is 0 Å². The number of carbonyl (C=O) groups excluding carboxylic acids is 1. The van der Waals surface area contributed by atoms with E-state index in [1.165, 1.54) is 7.11 Å². The number of benzene rings is 2. The van der Waals surface area contributed by atoms with E-state index < -0.39 is 12.0 Å². The molecule has 0 amide bonds. The Kier molecular flexibility index (Phi) is 6.44. The lowest BCUT2D eigenvalue weighted by Crippen LogP contribution is -2.48. The number of hydrogen-bond acceptors (Lipinski definition) is 5. The van der Waals surface area contributed by atoms with Gasteiger partial charge in [-0.1, -0.05) is 34.1 Å². The van der Waals surface area contributed by atoms with Crippen LogP contribution in [-0.4, -0.2) is 32.4 Å². The summed E-state index contributed by atoms with van der Waals surface area (Å²) in [4.78, 5) is 14.6. The van der Waals surface area contributed by atoms with Gasteiger partial charge in [-0.15, -0.1) is 0 Å². The highest BCUT2D eigenvalue weighted by Gasteiger charge is 2.37. The number of thiocarbonyl (C=S) groups is 1. The van der Waals surface area contributed by atoms with E-state index in [1.807, 2.05) is 48.2 Å². The minimum absolute atomic E-state index is 0.438. The van der Waals surface area contributed by atoms with Gasteiger partial charge in [-0.05, 0) is 43.4 Å². The monoisotopic (exact) mass is 476 g/mol. The molecule has 0 saturated carbocycles. The summed E-state index contributed by atoms with van der Waals surface area (Å²) in [5.74, 6) is 0.641. The van der Waals surface area contributed by atoms with Crippen LogP contribution in [0.3, 0.4) is 0 Å². The van der Waals surface area contributed by atoms with Crippen LogP contribution in [0.4, 0.5) is 5.69 Å². The number of ether oxygens (including phenoxy) is 3. The van der Waals surface area contributed by atoms with Crippen molar-refractivity contribution in [3.63, 3.8) is 0 Å². The van der Waals surface area contributed by atoms with Crippen LogP contribution in [0.2, 0.25) is 0 Å². The summed E-state index contributed by atoms with van der Waals surface area (Å²) < 4.78 is 17.0. The summed E-state index contributed by atoms with van der Waals surface area (Å²) in [5.41, 5.74) is 2.66. The van der Waals surface area contributed by atoms with Gasteiger partial charge in [0, 0.05) is 21.4 Å². The van der Waals surface area contributed by atoms with Crippen molar-refractivity contribution in [2.75, 3.05) is 26.2 Å². The third kappa shape index (κ3) is 3.95. The average Bonchev–Trinajstić information content (AvgIpc) is 2.72. The summed E-state index contributed by atoms with van der Waals surface area (Å²) in [6, 6.07) is 12.6. The zero-order valence-corrected chi connectivity index (χ0v) is 18.9. The number of rotatable bonds is 5. The minimum atomic E-state index is -0.552. The van der Waals surface area contributed by atoms with E-state index in [-0.39, 0.29) is 0 Å². The molecule has 1 N–H and O–H groups in total. The number of halogens is 1. The van der Waals surface area contributed by atoms with Gasteiger partial charge in [-0.3, -0.25) is 4.90 Å². The zero-order chi connectivity index (χ0) is 21.1. The van der Waals surface area contributed by atoms with Crippen molar-refractivity contribution >= 4 is 44.9 Å². The van der Waals surface area contributed by atoms with Crippen LogP contribution in [0.5, 0.6) is 11.5 Å². The van der Waals surface area contributed by atoms with Gasteiger partial charge < -0.3 is 19.5 Å². The topological polar surface area (TPSA) is 60.0 Å². The minimum Gasteiger partial charge on any atom is -0.493 e. The molecule has 1 atom stereocenters. The van der Waals surface area contributed by atoms with Crippen molar-refractivity contribution in [3.05, 3.63) is 63.8 Å². The van der Waals surface area contributed by atoms with Gasteiger partial charge >= 0.3 is 5.97 Å². The molecule has 152 valence electrons. The molecule has 29 heavy (non-hydrogen) atoms. The Labute approximate surface area is 183 Å². The Hall–Kier alpha value is -2.58. The largest absolute Gasteiger partial charge is 0.493 e. The van der Waals surface area contributed by atoms with Gasteiger partial charge in [-0.25, -0.2) is 4.79 Å². The number of nitrogens with one attached hydrogen (secondary N) is 1. The molecule has 3 rings (SSSR count). The second kappa shape index (κ2) is 8.84. The van der Waals surface area contributed by atoms with E-state index in [0.717, 1.165) is 15.7 Å². The van der Waals surface area contributed by atoms with Crippen LogP contribution >= 0.6 is 28.1 Å². The van der Waals surface area contributed by atoms with E-state index in [9.17, 15) is 4.79 Å². The van der Waals surface area contributed by atoms with Crippen LogP contribution in [0.15, 0.2) is 58.2 Å². The molecule has 1 aliphatic rings. The summed E-state index contributed by atoms with van der Waals surface area (Å²) in [5, 5.41) is 3.73. The summed E-state index contributed by atoms with van der Waals surface area (Å²) in [6.07, 6.45) is 0. The molecule has 0 radical (unpaired) electrons. The molecule has 0 bridgehead atoms. The van der Waals surface area contributed by atoms with E-state index in [2.05, 4.69) is 21.2 Å². The quantitative estimate of drug-likeness (QED) is 0.508. The number of carbonyl (C=O) groups is 1. The van der Waals surface area contributed by atoms with Gasteiger partial charge in [0.15, 0.2) is 16.6 Å². The lowest BCUT2D eigenvalue weighted by molar-refractivity contribution is -0.136. The molecule has 0 spiro atoms. The van der Waals surface area contributed by atoms with Gasteiger partial charge in [0.2, 0.25) is 0 Å². The lowest BCUT2D eigenvalue weighted by Gasteiger charge is -2.37. The number of esters is 1. The SMILES string of the molecule is COC(=O)C1=C(C)N(c2cccc(Br)c2)C(=S)NC1c1cccc(OC)c1OC. The van der Waals surface area contributed by atoms with Crippen molar-refractivity contribution in [1.29, 1.82) is 0 Å². The normalized spacial score (nSPS) is 16.4. The molecule has 2 aromatic rings. The fraction of sp³-hybridized carbons (Fsp3) is 0.238. The molecule has 8 heteroatoms. The zero-order valence-electron chi connectivity index (χ0n) is 16.5. The Morgan fingerprint density at radius 3 is 2.48 bits per heavy atom. The molecule has 0 aliphatic carbocycles. The third-order valence-electron chi connectivity index (χ3n) is 4.70. The molecular weight excluding hydrogens is 456 g/mol. The average molecular weight is 477 g/mol. The molecule has 0 aromatic heterocycles. The van der Waals surface area contributed by atoms with Gasteiger partial charge in [-0.2, -0.15) is 0 Å². The molecule has 1 unspecified atom stereocenters. The number of nitrogens with zero attached hydrogens (tertiary/aromatic N) is 1. The van der Waals surface area contributed by atoms with Crippen LogP contribution in [-0.2, 0) is 9.53 Å². The van der Waals surface area contributed by atoms with Crippen molar-refractivity contribution < 1.29 is 19.0 Å².